The van der Waals surface area contributed by atoms with Crippen molar-refractivity contribution in [3.63, 3.8) is 0 Å². The van der Waals surface area contributed by atoms with Crippen molar-refractivity contribution in [2.45, 2.75) is 19.8 Å². The van der Waals surface area contributed by atoms with Gasteiger partial charge in [0, 0.05) is 32.7 Å². The first-order valence-corrected chi connectivity index (χ1v) is 6.13. The van der Waals surface area contributed by atoms with Crippen LogP contribution in [0.3, 0.4) is 0 Å². The van der Waals surface area contributed by atoms with Gasteiger partial charge in [0.15, 0.2) is 0 Å². The summed E-state index contributed by atoms with van der Waals surface area (Å²) in [6, 6.07) is 5.98. The number of aryl methyl sites for hydroxylation is 1. The first-order chi connectivity index (χ1) is 8.54. The van der Waals surface area contributed by atoms with Crippen molar-refractivity contribution in [3.8, 4) is 5.75 Å². The van der Waals surface area contributed by atoms with Crippen LogP contribution < -0.4 is 10.1 Å². The number of benzene rings is 1. The molecule has 0 aliphatic rings. The molecule has 4 nitrogen and oxygen atoms in total. The quantitative estimate of drug-likeness (QED) is 0.788. The first kappa shape index (κ1) is 14.4. The van der Waals surface area contributed by atoms with Crippen LogP contribution in [0.5, 0.6) is 5.75 Å². The third-order valence-electron chi connectivity index (χ3n) is 2.79. The fraction of sp³-hybridized carbons (Fsp3) is 0.500. The number of ether oxygens (including phenoxy) is 1. The molecule has 0 spiro atoms. The Balaban J connectivity index is 2.36. The number of hydrogen-bond acceptors (Lipinski definition) is 3. The topological polar surface area (TPSA) is 41.6 Å². The maximum Gasteiger partial charge on any atom is 0.222 e. The highest BCUT2D eigenvalue weighted by Gasteiger charge is 2.03. The average Bonchev–Trinajstić information content (AvgIpc) is 2.34. The maximum absolute atomic E-state index is 11.4. The summed E-state index contributed by atoms with van der Waals surface area (Å²) in [4.78, 5) is 13.0. The van der Waals surface area contributed by atoms with Gasteiger partial charge in [0.25, 0.3) is 0 Å². The number of nitrogens with one attached hydrogen (secondary N) is 1. The lowest BCUT2D eigenvalue weighted by atomic mass is 10.2. The number of amides is 1. The van der Waals surface area contributed by atoms with Gasteiger partial charge < -0.3 is 15.0 Å². The largest absolute Gasteiger partial charge is 0.496 e. The van der Waals surface area contributed by atoms with E-state index >= 15 is 0 Å². The van der Waals surface area contributed by atoms with Gasteiger partial charge in [-0.1, -0.05) is 0 Å². The summed E-state index contributed by atoms with van der Waals surface area (Å²) in [5.74, 6) is 1.06. The first-order valence-electron chi connectivity index (χ1n) is 6.13. The number of hydrogen-bond donors (Lipinski definition) is 1. The Morgan fingerprint density at radius 2 is 2.11 bits per heavy atom. The van der Waals surface area contributed by atoms with E-state index < -0.39 is 0 Å². The van der Waals surface area contributed by atoms with Crippen LogP contribution in [0.2, 0.25) is 0 Å². The molecule has 100 valence electrons. The summed E-state index contributed by atoms with van der Waals surface area (Å²) in [7, 11) is 5.23. The summed E-state index contributed by atoms with van der Waals surface area (Å²) < 4.78 is 5.21. The molecule has 1 rings (SSSR count). The average molecular weight is 250 g/mol. The molecule has 4 heteroatoms. The van der Waals surface area contributed by atoms with Gasteiger partial charge >= 0.3 is 0 Å². The van der Waals surface area contributed by atoms with Crippen LogP contribution in [-0.2, 0) is 4.79 Å². The molecule has 1 aromatic carbocycles. The number of rotatable bonds is 6. The van der Waals surface area contributed by atoms with Crippen molar-refractivity contribution in [2.24, 2.45) is 0 Å². The van der Waals surface area contributed by atoms with Gasteiger partial charge in [0.1, 0.15) is 5.75 Å². The molecule has 1 N–H and O–H groups in total. The summed E-state index contributed by atoms with van der Waals surface area (Å²) in [6.07, 6.45) is 1.41. The van der Waals surface area contributed by atoms with Crippen LogP contribution >= 0.6 is 0 Å². The molecule has 1 aromatic rings. The van der Waals surface area contributed by atoms with Crippen molar-refractivity contribution in [1.82, 2.24) is 4.90 Å². The van der Waals surface area contributed by atoms with Crippen LogP contribution in [-0.4, -0.2) is 38.6 Å². The Morgan fingerprint density at radius 3 is 2.67 bits per heavy atom. The lowest BCUT2D eigenvalue weighted by molar-refractivity contribution is -0.128. The molecule has 0 atom stereocenters. The second-order valence-electron chi connectivity index (χ2n) is 4.50. The molecule has 0 aromatic heterocycles. The van der Waals surface area contributed by atoms with Gasteiger partial charge in [0.05, 0.1) is 7.11 Å². The Labute approximate surface area is 109 Å². The Kier molecular flexibility index (Phi) is 5.49. The summed E-state index contributed by atoms with van der Waals surface area (Å²) in [6.45, 7) is 2.81. The van der Waals surface area contributed by atoms with Crippen LogP contribution in [0.4, 0.5) is 5.69 Å². The van der Waals surface area contributed by atoms with Gasteiger partial charge in [-0.15, -0.1) is 0 Å². The third kappa shape index (κ3) is 4.28. The minimum Gasteiger partial charge on any atom is -0.496 e. The molecule has 0 saturated carbocycles. The molecule has 1 amide bonds. The molecule has 0 fully saturated rings. The van der Waals surface area contributed by atoms with E-state index in [0.717, 1.165) is 30.0 Å². The van der Waals surface area contributed by atoms with E-state index in [-0.39, 0.29) is 5.91 Å². The van der Waals surface area contributed by atoms with E-state index in [1.165, 1.54) is 0 Å². The Bertz CT molecular complexity index is 403. The standard InChI is InChI=1S/C14H22N2O2/c1-11-10-12(7-8-13(11)18-4)15-9-5-6-14(17)16(2)3/h7-8,10,15H,5-6,9H2,1-4H3. The van der Waals surface area contributed by atoms with Crippen molar-refractivity contribution >= 4 is 11.6 Å². The van der Waals surface area contributed by atoms with Crippen molar-refractivity contribution in [1.29, 1.82) is 0 Å². The highest BCUT2D eigenvalue weighted by Crippen LogP contribution is 2.21. The van der Waals surface area contributed by atoms with E-state index in [0.29, 0.717) is 6.42 Å². The minimum atomic E-state index is 0.169. The van der Waals surface area contributed by atoms with E-state index in [2.05, 4.69) is 5.32 Å². The fourth-order valence-corrected chi connectivity index (χ4v) is 1.68. The van der Waals surface area contributed by atoms with Crippen LogP contribution in [0.15, 0.2) is 18.2 Å². The van der Waals surface area contributed by atoms with E-state index in [4.69, 9.17) is 4.74 Å². The van der Waals surface area contributed by atoms with E-state index in [1.807, 2.05) is 25.1 Å². The summed E-state index contributed by atoms with van der Waals surface area (Å²) in [5, 5.41) is 3.30. The molecule has 0 radical (unpaired) electrons. The van der Waals surface area contributed by atoms with Crippen LogP contribution in [0.1, 0.15) is 18.4 Å². The second kappa shape index (κ2) is 6.89. The SMILES string of the molecule is COc1ccc(NCCCC(=O)N(C)C)cc1C. The predicted octanol–water partition coefficient (Wildman–Crippen LogP) is 2.28. The van der Waals surface area contributed by atoms with Crippen molar-refractivity contribution < 1.29 is 9.53 Å². The molecule has 0 saturated heterocycles. The number of carbonyl (C=O) groups excluding carboxylic acids is 1. The van der Waals surface area contributed by atoms with Crippen molar-refractivity contribution in [2.75, 3.05) is 33.1 Å². The zero-order valence-corrected chi connectivity index (χ0v) is 11.6. The Morgan fingerprint density at radius 1 is 1.39 bits per heavy atom. The lowest BCUT2D eigenvalue weighted by Crippen LogP contribution is -2.22. The zero-order chi connectivity index (χ0) is 13.5. The number of nitrogens with zero attached hydrogens (tertiary/aromatic N) is 1. The number of anilines is 1. The van der Waals surface area contributed by atoms with Gasteiger partial charge in [-0.25, -0.2) is 0 Å². The van der Waals surface area contributed by atoms with E-state index in [1.54, 1.807) is 26.1 Å². The smallest absolute Gasteiger partial charge is 0.222 e. The molecule has 0 bridgehead atoms. The van der Waals surface area contributed by atoms with Crippen molar-refractivity contribution in [3.05, 3.63) is 23.8 Å². The highest BCUT2D eigenvalue weighted by atomic mass is 16.5. The van der Waals surface area contributed by atoms with Gasteiger partial charge in [-0.05, 0) is 37.1 Å². The van der Waals surface area contributed by atoms with Crippen LogP contribution in [0.25, 0.3) is 0 Å². The monoisotopic (exact) mass is 250 g/mol. The molecular formula is C14H22N2O2. The summed E-state index contributed by atoms with van der Waals surface area (Å²) in [5.41, 5.74) is 2.16. The number of methoxy groups -OCH3 is 1. The molecule has 18 heavy (non-hydrogen) atoms. The van der Waals surface area contributed by atoms with Crippen LogP contribution in [0, 0.1) is 6.92 Å². The minimum absolute atomic E-state index is 0.169. The molecule has 0 heterocycles. The van der Waals surface area contributed by atoms with E-state index in [9.17, 15) is 4.79 Å². The molecule has 0 aliphatic heterocycles. The molecular weight excluding hydrogens is 228 g/mol. The summed E-state index contributed by atoms with van der Waals surface area (Å²) >= 11 is 0. The second-order valence-corrected chi connectivity index (χ2v) is 4.50. The normalized spacial score (nSPS) is 10.0. The fourth-order valence-electron chi connectivity index (χ4n) is 1.68. The molecule has 0 aliphatic carbocycles. The van der Waals surface area contributed by atoms with Gasteiger partial charge in [0.2, 0.25) is 5.91 Å². The zero-order valence-electron chi connectivity index (χ0n) is 11.6. The molecule has 0 unspecified atom stereocenters. The van der Waals surface area contributed by atoms with Gasteiger partial charge in [-0.2, -0.15) is 0 Å². The predicted molar refractivity (Wildman–Crippen MR) is 74.1 cm³/mol. The maximum atomic E-state index is 11.4. The Hall–Kier alpha value is -1.71. The lowest BCUT2D eigenvalue weighted by Gasteiger charge is -2.11. The third-order valence-corrected chi connectivity index (χ3v) is 2.79. The van der Waals surface area contributed by atoms with Gasteiger partial charge in [-0.3, -0.25) is 4.79 Å². The number of carbonyl (C=O) groups is 1. The highest BCUT2D eigenvalue weighted by molar-refractivity contribution is 5.75.